The minimum atomic E-state index is 0.200. The summed E-state index contributed by atoms with van der Waals surface area (Å²) in [4.78, 5) is 18.7. The zero-order chi connectivity index (χ0) is 15.5. The zero-order valence-corrected chi connectivity index (χ0v) is 13.3. The number of imidazole rings is 1. The predicted molar refractivity (Wildman–Crippen MR) is 86.6 cm³/mol. The van der Waals surface area contributed by atoms with Gasteiger partial charge in [0.15, 0.2) is 0 Å². The van der Waals surface area contributed by atoms with E-state index in [0.717, 1.165) is 31.5 Å². The van der Waals surface area contributed by atoms with Crippen LogP contribution in [0.3, 0.4) is 0 Å². The van der Waals surface area contributed by atoms with Gasteiger partial charge in [0.1, 0.15) is 5.82 Å². The van der Waals surface area contributed by atoms with Crippen molar-refractivity contribution in [1.82, 2.24) is 14.5 Å². The number of carbonyl (C=O) groups is 1. The van der Waals surface area contributed by atoms with E-state index in [0.29, 0.717) is 12.3 Å². The predicted octanol–water partition coefficient (Wildman–Crippen LogP) is 2.46. The zero-order valence-electron chi connectivity index (χ0n) is 13.3. The number of likely N-dealkylation sites (N-methyl/N-ethyl adjacent to an activating group) is 1. The lowest BCUT2D eigenvalue weighted by molar-refractivity contribution is -0.129. The molecule has 0 fully saturated rings. The molecule has 1 unspecified atom stereocenters. The Kier molecular flexibility index (Phi) is 4.27. The summed E-state index contributed by atoms with van der Waals surface area (Å²) in [6.07, 6.45) is 6.52. The molecule has 0 aliphatic carbocycles. The number of fused-ring (bicyclic) bond motifs is 1. The van der Waals surface area contributed by atoms with E-state index < -0.39 is 0 Å². The summed E-state index contributed by atoms with van der Waals surface area (Å²) in [6, 6.07) is 8.11. The molecule has 1 aliphatic rings. The van der Waals surface area contributed by atoms with E-state index in [1.807, 2.05) is 42.5 Å². The van der Waals surface area contributed by atoms with Crippen molar-refractivity contribution in [2.45, 2.75) is 32.7 Å². The number of aryl methyl sites for hydroxylation is 2. The highest BCUT2D eigenvalue weighted by Crippen LogP contribution is 2.20. The highest BCUT2D eigenvalue weighted by atomic mass is 16.2. The molecule has 22 heavy (non-hydrogen) atoms. The Morgan fingerprint density at radius 1 is 1.41 bits per heavy atom. The van der Waals surface area contributed by atoms with Gasteiger partial charge < -0.3 is 9.47 Å². The number of hydrogen-bond acceptors (Lipinski definition) is 2. The van der Waals surface area contributed by atoms with Crippen molar-refractivity contribution in [2.75, 3.05) is 13.6 Å². The molecule has 116 valence electrons. The molecule has 2 aromatic rings. The van der Waals surface area contributed by atoms with Crippen LogP contribution in [0, 0.1) is 12.8 Å². The Morgan fingerprint density at radius 2 is 2.23 bits per heavy atom. The van der Waals surface area contributed by atoms with E-state index in [4.69, 9.17) is 0 Å². The maximum absolute atomic E-state index is 12.4. The lowest BCUT2D eigenvalue weighted by Crippen LogP contribution is -2.36. The summed E-state index contributed by atoms with van der Waals surface area (Å²) in [6.45, 7) is 3.85. The van der Waals surface area contributed by atoms with Crippen molar-refractivity contribution in [3.05, 3.63) is 53.6 Å². The smallest absolute Gasteiger partial charge is 0.226 e. The molecular weight excluding hydrogens is 274 g/mol. The lowest BCUT2D eigenvalue weighted by Gasteiger charge is -2.28. The number of aromatic nitrogens is 2. The molecule has 0 saturated heterocycles. The molecule has 0 radical (unpaired) electrons. The largest absolute Gasteiger partial charge is 0.345 e. The molecule has 1 amide bonds. The first kappa shape index (κ1) is 14.8. The first-order valence-corrected chi connectivity index (χ1v) is 7.92. The Balaban J connectivity index is 1.57. The molecule has 4 nitrogen and oxygen atoms in total. The summed E-state index contributed by atoms with van der Waals surface area (Å²) in [5, 5.41) is 0. The second-order valence-corrected chi connectivity index (χ2v) is 6.28. The third-order valence-corrected chi connectivity index (χ3v) is 4.59. The van der Waals surface area contributed by atoms with Crippen LogP contribution in [0.15, 0.2) is 36.7 Å². The van der Waals surface area contributed by atoms with Crippen molar-refractivity contribution in [3.8, 4) is 0 Å². The van der Waals surface area contributed by atoms with Gasteiger partial charge in [-0.3, -0.25) is 4.79 Å². The van der Waals surface area contributed by atoms with E-state index in [1.165, 1.54) is 11.4 Å². The average Bonchev–Trinajstić information content (AvgIpc) is 2.97. The minimum absolute atomic E-state index is 0.200. The molecule has 0 spiro atoms. The second kappa shape index (κ2) is 6.34. The van der Waals surface area contributed by atoms with Crippen molar-refractivity contribution in [1.29, 1.82) is 0 Å². The van der Waals surface area contributed by atoms with Crippen molar-refractivity contribution < 1.29 is 4.79 Å². The van der Waals surface area contributed by atoms with E-state index in [-0.39, 0.29) is 5.91 Å². The average molecular weight is 297 g/mol. The lowest BCUT2D eigenvalue weighted by atomic mass is 9.98. The van der Waals surface area contributed by atoms with E-state index in [2.05, 4.69) is 22.5 Å². The number of carbonyl (C=O) groups excluding carboxylic acids is 1. The van der Waals surface area contributed by atoms with Crippen LogP contribution < -0.4 is 0 Å². The first-order chi connectivity index (χ1) is 10.6. The van der Waals surface area contributed by atoms with Crippen LogP contribution in [0.25, 0.3) is 0 Å². The van der Waals surface area contributed by atoms with Crippen molar-refractivity contribution in [2.24, 2.45) is 5.92 Å². The molecular formula is C18H23N3O. The first-order valence-electron chi connectivity index (χ1n) is 7.92. The molecule has 0 bridgehead atoms. The van der Waals surface area contributed by atoms with Gasteiger partial charge in [-0.15, -0.1) is 0 Å². The van der Waals surface area contributed by atoms with Gasteiger partial charge in [0.2, 0.25) is 5.91 Å². The van der Waals surface area contributed by atoms with E-state index in [9.17, 15) is 4.79 Å². The third-order valence-electron chi connectivity index (χ3n) is 4.59. The highest BCUT2D eigenvalue weighted by Gasteiger charge is 2.22. The van der Waals surface area contributed by atoms with Gasteiger partial charge in [0.05, 0.1) is 6.42 Å². The second-order valence-electron chi connectivity index (χ2n) is 6.28. The van der Waals surface area contributed by atoms with Gasteiger partial charge in [-0.25, -0.2) is 4.98 Å². The van der Waals surface area contributed by atoms with E-state index >= 15 is 0 Å². The fraction of sp³-hybridized carbons (Fsp3) is 0.444. The summed E-state index contributed by atoms with van der Waals surface area (Å²) < 4.78 is 2.22. The maximum Gasteiger partial charge on any atom is 0.226 e. The molecule has 1 atom stereocenters. The Bertz CT molecular complexity index is 662. The molecule has 4 heteroatoms. The number of amides is 1. The van der Waals surface area contributed by atoms with Gasteiger partial charge in [0.25, 0.3) is 0 Å². The van der Waals surface area contributed by atoms with Crippen molar-refractivity contribution in [3.63, 3.8) is 0 Å². The third kappa shape index (κ3) is 3.21. The quantitative estimate of drug-likeness (QED) is 0.869. The van der Waals surface area contributed by atoms with Gasteiger partial charge in [-0.1, -0.05) is 24.3 Å². The fourth-order valence-electron chi connectivity index (χ4n) is 3.18. The van der Waals surface area contributed by atoms with E-state index in [1.54, 1.807) is 0 Å². The number of nitrogens with zero attached hydrogens (tertiary/aromatic N) is 3. The molecule has 1 aromatic carbocycles. The van der Waals surface area contributed by atoms with Crippen LogP contribution in [0.2, 0.25) is 0 Å². The maximum atomic E-state index is 12.4. The Labute approximate surface area is 131 Å². The molecule has 1 aliphatic heterocycles. The van der Waals surface area contributed by atoms with Crippen LogP contribution in [-0.4, -0.2) is 34.0 Å². The number of benzene rings is 1. The molecule has 3 rings (SSSR count). The van der Waals surface area contributed by atoms with Crippen LogP contribution in [0.4, 0.5) is 0 Å². The van der Waals surface area contributed by atoms with Gasteiger partial charge in [-0.05, 0) is 30.4 Å². The standard InChI is InChI=1S/C18H23N3O/c1-14-5-3-4-6-16(14)11-18(22)20(2)12-15-7-8-17-19-9-10-21(17)13-15/h3-6,9-10,15H,7-8,11-13H2,1-2H3. The molecule has 2 heterocycles. The summed E-state index contributed by atoms with van der Waals surface area (Å²) >= 11 is 0. The monoisotopic (exact) mass is 297 g/mol. The van der Waals surface area contributed by atoms with Crippen molar-refractivity contribution >= 4 is 5.91 Å². The normalized spacial score (nSPS) is 17.1. The minimum Gasteiger partial charge on any atom is -0.345 e. The van der Waals surface area contributed by atoms with Crippen LogP contribution in [-0.2, 0) is 24.2 Å². The Morgan fingerprint density at radius 3 is 3.05 bits per heavy atom. The molecule has 1 aromatic heterocycles. The summed E-state index contributed by atoms with van der Waals surface area (Å²) in [5.41, 5.74) is 2.31. The fourth-order valence-corrected chi connectivity index (χ4v) is 3.18. The molecule has 0 N–H and O–H groups in total. The molecule has 0 saturated carbocycles. The summed E-state index contributed by atoms with van der Waals surface area (Å²) in [7, 11) is 1.92. The number of rotatable bonds is 4. The van der Waals surface area contributed by atoms with Crippen LogP contribution in [0.5, 0.6) is 0 Å². The van der Waals surface area contributed by atoms with Crippen LogP contribution in [0.1, 0.15) is 23.4 Å². The number of hydrogen-bond donors (Lipinski definition) is 0. The highest BCUT2D eigenvalue weighted by molar-refractivity contribution is 5.78. The summed E-state index contributed by atoms with van der Waals surface area (Å²) in [5.74, 6) is 1.89. The van der Waals surface area contributed by atoms with Gasteiger partial charge >= 0.3 is 0 Å². The van der Waals surface area contributed by atoms with Gasteiger partial charge in [0, 0.05) is 39.0 Å². The Hall–Kier alpha value is -2.10. The topological polar surface area (TPSA) is 38.1 Å². The van der Waals surface area contributed by atoms with Gasteiger partial charge in [-0.2, -0.15) is 0 Å². The van der Waals surface area contributed by atoms with Crippen LogP contribution >= 0.6 is 0 Å². The SMILES string of the molecule is Cc1ccccc1CC(=O)N(C)CC1CCc2nccn2C1.